The summed E-state index contributed by atoms with van der Waals surface area (Å²) in [5, 5.41) is 21.6. The molecule has 5 unspecified atom stereocenters. The van der Waals surface area contributed by atoms with Crippen molar-refractivity contribution in [2.75, 3.05) is 0 Å². The fourth-order valence-electron chi connectivity index (χ4n) is 11.5. The highest BCUT2D eigenvalue weighted by Gasteiger charge is 2.82. The van der Waals surface area contributed by atoms with E-state index in [1.165, 1.54) is 51.4 Å². The van der Waals surface area contributed by atoms with E-state index in [2.05, 4.69) is 41.5 Å². The van der Waals surface area contributed by atoms with Crippen LogP contribution < -0.4 is 0 Å². The maximum absolute atomic E-state index is 10.9. The lowest BCUT2D eigenvalue weighted by atomic mass is 9.42. The van der Waals surface area contributed by atoms with Crippen LogP contribution in [0.1, 0.15) is 106 Å². The molecule has 0 radical (unpaired) electrons. The standard InChI is InChI=1S/C29H48O3/c1-17(2)24(31)19-8-7-18-20(32-19)15-27(6)22-10-9-21-25(3,4)23(30)11-12-28(21)16-29(22,28)14-13-26(18,27)5/h17-24,30-31H,7-16H2,1-6H3/t18-,19?,20?,21-,22?,23-,24+,26+,27-,28?,29?/m0/s1. The van der Waals surface area contributed by atoms with Crippen molar-refractivity contribution in [2.24, 2.45) is 50.7 Å². The van der Waals surface area contributed by atoms with Gasteiger partial charge in [-0.05, 0) is 115 Å². The number of hydrogen-bond acceptors (Lipinski definition) is 3. The summed E-state index contributed by atoms with van der Waals surface area (Å²) in [6, 6.07) is 0. The Morgan fingerprint density at radius 3 is 2.22 bits per heavy atom. The minimum Gasteiger partial charge on any atom is -0.393 e. The molecule has 5 saturated carbocycles. The van der Waals surface area contributed by atoms with Gasteiger partial charge in [-0.3, -0.25) is 0 Å². The Morgan fingerprint density at radius 1 is 0.812 bits per heavy atom. The summed E-state index contributed by atoms with van der Waals surface area (Å²) in [6.45, 7) is 14.2. The van der Waals surface area contributed by atoms with Crippen LogP contribution in [-0.4, -0.2) is 34.6 Å². The normalized spacial score (nSPS) is 58.8. The number of fused-ring (bicyclic) bond motifs is 4. The molecule has 1 aliphatic heterocycles. The van der Waals surface area contributed by atoms with Crippen molar-refractivity contribution in [3.8, 4) is 0 Å². The molecule has 11 atom stereocenters. The third-order valence-corrected chi connectivity index (χ3v) is 13.4. The van der Waals surface area contributed by atoms with Gasteiger partial charge in [0.15, 0.2) is 0 Å². The first-order valence-corrected chi connectivity index (χ1v) is 13.9. The van der Waals surface area contributed by atoms with E-state index in [-0.39, 0.29) is 29.6 Å². The Morgan fingerprint density at radius 2 is 1.50 bits per heavy atom. The second-order valence-corrected chi connectivity index (χ2v) is 14.7. The van der Waals surface area contributed by atoms with Crippen LogP contribution in [-0.2, 0) is 4.74 Å². The lowest BCUT2D eigenvalue weighted by Crippen LogP contribution is -2.57. The van der Waals surface area contributed by atoms with Crippen molar-refractivity contribution in [3.05, 3.63) is 0 Å². The van der Waals surface area contributed by atoms with Gasteiger partial charge < -0.3 is 14.9 Å². The maximum atomic E-state index is 10.9. The van der Waals surface area contributed by atoms with E-state index >= 15 is 0 Å². The Bertz CT molecular complexity index is 791. The Kier molecular flexibility index (Phi) is 4.57. The molecule has 1 saturated heterocycles. The Balaban J connectivity index is 1.31. The van der Waals surface area contributed by atoms with Gasteiger partial charge in [0.05, 0.1) is 24.4 Å². The summed E-state index contributed by atoms with van der Waals surface area (Å²) in [4.78, 5) is 0. The Labute approximate surface area is 196 Å². The molecule has 6 fully saturated rings. The first-order chi connectivity index (χ1) is 14.9. The predicted molar refractivity (Wildman–Crippen MR) is 127 cm³/mol. The van der Waals surface area contributed by atoms with Gasteiger partial charge in [-0.2, -0.15) is 0 Å². The lowest BCUT2D eigenvalue weighted by molar-refractivity contribution is -0.164. The minimum atomic E-state index is -0.330. The molecule has 3 nitrogen and oxygen atoms in total. The summed E-state index contributed by atoms with van der Waals surface area (Å²) in [6.07, 6.45) is 12.5. The molecule has 32 heavy (non-hydrogen) atoms. The number of rotatable bonds is 2. The van der Waals surface area contributed by atoms with E-state index in [1.807, 2.05) is 0 Å². The molecule has 6 rings (SSSR count). The van der Waals surface area contributed by atoms with Gasteiger partial charge in [-0.25, -0.2) is 0 Å². The molecule has 2 spiro atoms. The van der Waals surface area contributed by atoms with Crippen molar-refractivity contribution in [3.63, 3.8) is 0 Å². The zero-order valence-electron chi connectivity index (χ0n) is 21.5. The zero-order valence-corrected chi connectivity index (χ0v) is 21.5. The van der Waals surface area contributed by atoms with Crippen molar-refractivity contribution < 1.29 is 14.9 Å². The second kappa shape index (κ2) is 6.55. The van der Waals surface area contributed by atoms with Crippen LogP contribution >= 0.6 is 0 Å². The summed E-state index contributed by atoms with van der Waals surface area (Å²) in [7, 11) is 0. The molecule has 3 heteroatoms. The van der Waals surface area contributed by atoms with Gasteiger partial charge in [-0.15, -0.1) is 0 Å². The van der Waals surface area contributed by atoms with Crippen LogP contribution in [0.2, 0.25) is 0 Å². The van der Waals surface area contributed by atoms with Crippen molar-refractivity contribution in [1.29, 1.82) is 0 Å². The molecule has 0 bridgehead atoms. The van der Waals surface area contributed by atoms with Gasteiger partial charge in [0.25, 0.3) is 0 Å². The van der Waals surface area contributed by atoms with Crippen molar-refractivity contribution in [1.82, 2.24) is 0 Å². The summed E-state index contributed by atoms with van der Waals surface area (Å²) >= 11 is 0. The number of aliphatic hydroxyl groups is 2. The van der Waals surface area contributed by atoms with Crippen LogP contribution in [0.4, 0.5) is 0 Å². The number of hydrogen-bond donors (Lipinski definition) is 2. The molecule has 0 amide bonds. The molecule has 0 aromatic heterocycles. The van der Waals surface area contributed by atoms with E-state index in [0.717, 1.165) is 18.8 Å². The molecule has 1 heterocycles. The molecule has 182 valence electrons. The van der Waals surface area contributed by atoms with Crippen LogP contribution in [0, 0.1) is 50.7 Å². The SMILES string of the molecule is CC(C)[C@@H](O)C1CC[C@H]2C(C[C@@]3(C)C4CC[C@H]5C(C)(C)[C@@H](O)CCC56CC46CC[C@]23C)O1. The van der Waals surface area contributed by atoms with Crippen molar-refractivity contribution in [2.45, 2.75) is 130 Å². The third kappa shape index (κ3) is 2.40. The number of aliphatic hydroxyl groups excluding tert-OH is 2. The summed E-state index contributed by atoms with van der Waals surface area (Å²) in [5.41, 5.74) is 1.84. The van der Waals surface area contributed by atoms with Gasteiger partial charge in [0, 0.05) is 0 Å². The van der Waals surface area contributed by atoms with Gasteiger partial charge in [-0.1, -0.05) is 41.5 Å². The zero-order chi connectivity index (χ0) is 22.9. The van der Waals surface area contributed by atoms with E-state index in [1.54, 1.807) is 0 Å². The van der Waals surface area contributed by atoms with Crippen LogP contribution in [0.15, 0.2) is 0 Å². The van der Waals surface area contributed by atoms with Gasteiger partial charge in [0.2, 0.25) is 0 Å². The van der Waals surface area contributed by atoms with Crippen LogP contribution in [0.5, 0.6) is 0 Å². The highest BCUT2D eigenvalue weighted by atomic mass is 16.5. The molecular weight excluding hydrogens is 396 g/mol. The van der Waals surface area contributed by atoms with Gasteiger partial charge >= 0.3 is 0 Å². The fraction of sp³-hybridized carbons (Fsp3) is 1.00. The van der Waals surface area contributed by atoms with Crippen molar-refractivity contribution >= 4 is 0 Å². The molecular formula is C29H48O3. The monoisotopic (exact) mass is 444 g/mol. The molecule has 6 aliphatic rings. The van der Waals surface area contributed by atoms with E-state index in [0.29, 0.717) is 39.6 Å². The molecule has 0 aromatic carbocycles. The lowest BCUT2D eigenvalue weighted by Gasteiger charge is -2.63. The van der Waals surface area contributed by atoms with E-state index in [4.69, 9.17) is 4.74 Å². The highest BCUT2D eigenvalue weighted by Crippen LogP contribution is 2.89. The van der Waals surface area contributed by atoms with E-state index < -0.39 is 0 Å². The smallest absolute Gasteiger partial charge is 0.0840 e. The molecule has 0 aromatic rings. The van der Waals surface area contributed by atoms with E-state index in [9.17, 15) is 10.2 Å². The predicted octanol–water partition coefficient (Wildman–Crippen LogP) is 5.96. The highest BCUT2D eigenvalue weighted by molar-refractivity contribution is 5.31. The number of ether oxygens (including phenoxy) is 1. The van der Waals surface area contributed by atoms with Gasteiger partial charge in [0.1, 0.15) is 0 Å². The summed E-state index contributed by atoms with van der Waals surface area (Å²) < 4.78 is 6.75. The summed E-state index contributed by atoms with van der Waals surface area (Å²) in [5.74, 6) is 2.45. The topological polar surface area (TPSA) is 49.7 Å². The first kappa shape index (κ1) is 22.4. The maximum Gasteiger partial charge on any atom is 0.0840 e. The second-order valence-electron chi connectivity index (χ2n) is 14.7. The molecule has 5 aliphatic carbocycles. The average Bonchev–Trinajstić information content (AvgIpc) is 3.34. The molecule has 2 N–H and O–H groups in total. The quantitative estimate of drug-likeness (QED) is 0.552. The van der Waals surface area contributed by atoms with Crippen LogP contribution in [0.25, 0.3) is 0 Å². The first-order valence-electron chi connectivity index (χ1n) is 13.9. The third-order valence-electron chi connectivity index (χ3n) is 13.4. The average molecular weight is 445 g/mol. The van der Waals surface area contributed by atoms with Crippen LogP contribution in [0.3, 0.4) is 0 Å². The largest absolute Gasteiger partial charge is 0.393 e. The Hall–Kier alpha value is -0.120. The minimum absolute atomic E-state index is 0.0289. The fourth-order valence-corrected chi connectivity index (χ4v) is 11.5.